The zero-order valence-electron chi connectivity index (χ0n) is 10.9. The molecule has 18 heavy (non-hydrogen) atoms. The van der Waals surface area contributed by atoms with E-state index >= 15 is 0 Å². The van der Waals surface area contributed by atoms with Gasteiger partial charge in [-0.15, -0.1) is 5.10 Å². The lowest BCUT2D eigenvalue weighted by Gasteiger charge is -2.09. The molecule has 0 amide bonds. The lowest BCUT2D eigenvalue weighted by Crippen LogP contribution is -2.10. The van der Waals surface area contributed by atoms with E-state index in [9.17, 15) is 0 Å². The highest BCUT2D eigenvalue weighted by molar-refractivity contribution is 5.33. The van der Waals surface area contributed by atoms with Crippen molar-refractivity contribution in [2.45, 2.75) is 39.8 Å². The summed E-state index contributed by atoms with van der Waals surface area (Å²) in [4.78, 5) is 4.41. The second-order valence-electron chi connectivity index (χ2n) is 4.16. The van der Waals surface area contributed by atoms with Crippen molar-refractivity contribution in [3.8, 4) is 0 Å². The van der Waals surface area contributed by atoms with E-state index in [1.807, 2.05) is 16.9 Å². The Morgan fingerprint density at radius 3 is 3.00 bits per heavy atom. The van der Waals surface area contributed by atoms with E-state index in [2.05, 4.69) is 40.5 Å². The molecule has 1 N–H and O–H groups in total. The van der Waals surface area contributed by atoms with Crippen LogP contribution in [-0.4, -0.2) is 20.0 Å². The molecule has 0 radical (unpaired) electrons. The summed E-state index contributed by atoms with van der Waals surface area (Å²) >= 11 is 0. The Morgan fingerprint density at radius 1 is 1.33 bits per heavy atom. The van der Waals surface area contributed by atoms with Gasteiger partial charge in [-0.3, -0.25) is 4.98 Å². The van der Waals surface area contributed by atoms with Gasteiger partial charge in [-0.05, 0) is 24.5 Å². The molecular formula is C13H19N5. The zero-order valence-corrected chi connectivity index (χ0v) is 10.9. The monoisotopic (exact) mass is 245 g/mol. The molecule has 0 saturated carbocycles. The minimum atomic E-state index is 0.709. The second-order valence-corrected chi connectivity index (χ2v) is 4.16. The summed E-state index contributed by atoms with van der Waals surface area (Å²) in [5, 5.41) is 11.3. The van der Waals surface area contributed by atoms with Gasteiger partial charge in [0.2, 0.25) is 0 Å². The fraction of sp³-hybridized carbons (Fsp3) is 0.462. The van der Waals surface area contributed by atoms with Crippen LogP contribution in [0.2, 0.25) is 0 Å². The lowest BCUT2D eigenvalue weighted by molar-refractivity contribution is 0.582. The van der Waals surface area contributed by atoms with Gasteiger partial charge >= 0.3 is 0 Å². The summed E-state index contributed by atoms with van der Waals surface area (Å²) in [6, 6.07) is 4.09. The fourth-order valence-corrected chi connectivity index (χ4v) is 1.90. The molecule has 0 saturated heterocycles. The Bertz CT molecular complexity index is 492. The molecule has 96 valence electrons. The molecule has 0 bridgehead atoms. The number of nitrogens with zero attached hydrogens (tertiary/aromatic N) is 4. The number of pyridine rings is 1. The van der Waals surface area contributed by atoms with Crippen LogP contribution < -0.4 is 5.32 Å². The summed E-state index contributed by atoms with van der Waals surface area (Å²) in [5.74, 6) is 0.949. The molecule has 0 spiro atoms. The van der Waals surface area contributed by atoms with Gasteiger partial charge in [-0.1, -0.05) is 25.1 Å². The van der Waals surface area contributed by atoms with Crippen molar-refractivity contribution in [1.29, 1.82) is 0 Å². The smallest absolute Gasteiger partial charge is 0.145 e. The maximum Gasteiger partial charge on any atom is 0.145 e. The number of anilines is 1. The van der Waals surface area contributed by atoms with E-state index < -0.39 is 0 Å². The summed E-state index contributed by atoms with van der Waals surface area (Å²) in [5.41, 5.74) is 2.36. The number of hydrogen-bond acceptors (Lipinski definition) is 4. The van der Waals surface area contributed by atoms with Crippen LogP contribution in [-0.2, 0) is 19.5 Å². The van der Waals surface area contributed by atoms with E-state index in [1.54, 1.807) is 6.20 Å². The number of aryl methyl sites for hydroxylation is 2. The number of hydrogen-bond donors (Lipinski definition) is 1. The van der Waals surface area contributed by atoms with E-state index in [4.69, 9.17) is 0 Å². The molecule has 2 heterocycles. The number of nitrogens with one attached hydrogen (secondary N) is 1. The maximum atomic E-state index is 4.41. The van der Waals surface area contributed by atoms with Crippen molar-refractivity contribution in [3.63, 3.8) is 0 Å². The van der Waals surface area contributed by atoms with Gasteiger partial charge in [0.05, 0.1) is 18.4 Å². The van der Waals surface area contributed by atoms with Crippen LogP contribution in [0, 0.1) is 0 Å². The minimum absolute atomic E-state index is 0.709. The molecule has 0 atom stereocenters. The Balaban J connectivity index is 2.04. The summed E-state index contributed by atoms with van der Waals surface area (Å²) in [7, 11) is 0. The van der Waals surface area contributed by atoms with Crippen molar-refractivity contribution in [1.82, 2.24) is 20.0 Å². The first kappa shape index (κ1) is 12.5. The minimum Gasteiger partial charge on any atom is -0.363 e. The van der Waals surface area contributed by atoms with E-state index in [-0.39, 0.29) is 0 Å². The fourth-order valence-electron chi connectivity index (χ4n) is 1.90. The van der Waals surface area contributed by atoms with E-state index in [0.29, 0.717) is 6.54 Å². The van der Waals surface area contributed by atoms with Crippen molar-refractivity contribution < 1.29 is 0 Å². The van der Waals surface area contributed by atoms with E-state index in [1.165, 1.54) is 5.56 Å². The van der Waals surface area contributed by atoms with Crippen molar-refractivity contribution in [2.24, 2.45) is 0 Å². The average Bonchev–Trinajstić information content (AvgIpc) is 2.84. The molecule has 5 nitrogen and oxygen atoms in total. The Morgan fingerprint density at radius 2 is 2.22 bits per heavy atom. The van der Waals surface area contributed by atoms with Gasteiger partial charge < -0.3 is 5.32 Å². The van der Waals surface area contributed by atoms with Crippen LogP contribution in [0.1, 0.15) is 31.5 Å². The Labute approximate surface area is 107 Å². The SMILES string of the molecule is CCCn1nncc1NCc1ncccc1CC. The standard InChI is InChI=1S/C13H19N5/c1-3-8-18-13(10-16-17-18)15-9-12-11(4-2)6-5-7-14-12/h5-7,10,15H,3-4,8-9H2,1-2H3. The molecule has 0 aliphatic rings. The molecule has 0 fully saturated rings. The molecule has 5 heteroatoms. The highest BCUT2D eigenvalue weighted by Crippen LogP contribution is 2.10. The van der Waals surface area contributed by atoms with Crippen molar-refractivity contribution >= 4 is 5.82 Å². The molecule has 2 aromatic rings. The molecule has 0 aliphatic carbocycles. The van der Waals surface area contributed by atoms with Crippen LogP contribution in [0.15, 0.2) is 24.5 Å². The van der Waals surface area contributed by atoms with Crippen LogP contribution >= 0.6 is 0 Å². The molecule has 2 rings (SSSR count). The summed E-state index contributed by atoms with van der Waals surface area (Å²) in [6.45, 7) is 5.86. The Kier molecular flexibility index (Phi) is 4.28. The van der Waals surface area contributed by atoms with Crippen LogP contribution in [0.5, 0.6) is 0 Å². The third-order valence-corrected chi connectivity index (χ3v) is 2.86. The van der Waals surface area contributed by atoms with Crippen molar-refractivity contribution in [2.75, 3.05) is 5.32 Å². The van der Waals surface area contributed by atoms with Gasteiger partial charge in [0.25, 0.3) is 0 Å². The molecule has 0 aliphatic heterocycles. The van der Waals surface area contributed by atoms with Gasteiger partial charge in [0.15, 0.2) is 0 Å². The first-order valence-corrected chi connectivity index (χ1v) is 6.40. The zero-order chi connectivity index (χ0) is 12.8. The average molecular weight is 245 g/mol. The highest BCUT2D eigenvalue weighted by Gasteiger charge is 2.05. The van der Waals surface area contributed by atoms with Gasteiger partial charge in [0, 0.05) is 12.7 Å². The first-order valence-electron chi connectivity index (χ1n) is 6.40. The molecular weight excluding hydrogens is 226 g/mol. The van der Waals surface area contributed by atoms with Gasteiger partial charge in [-0.25, -0.2) is 4.68 Å². The predicted octanol–water partition coefficient (Wildman–Crippen LogP) is 2.26. The lowest BCUT2D eigenvalue weighted by atomic mass is 10.1. The summed E-state index contributed by atoms with van der Waals surface area (Å²) in [6.07, 6.45) is 5.63. The third kappa shape index (κ3) is 2.85. The van der Waals surface area contributed by atoms with E-state index in [0.717, 1.165) is 30.9 Å². The van der Waals surface area contributed by atoms with Gasteiger partial charge in [0.1, 0.15) is 5.82 Å². The number of rotatable bonds is 6. The van der Waals surface area contributed by atoms with Crippen LogP contribution in [0.3, 0.4) is 0 Å². The third-order valence-electron chi connectivity index (χ3n) is 2.86. The van der Waals surface area contributed by atoms with Gasteiger partial charge in [-0.2, -0.15) is 0 Å². The molecule has 0 aromatic carbocycles. The first-order chi connectivity index (χ1) is 8.85. The highest BCUT2D eigenvalue weighted by atomic mass is 15.4. The van der Waals surface area contributed by atoms with Crippen molar-refractivity contribution in [3.05, 3.63) is 35.8 Å². The molecule has 2 aromatic heterocycles. The van der Waals surface area contributed by atoms with Crippen LogP contribution in [0.25, 0.3) is 0 Å². The topological polar surface area (TPSA) is 55.6 Å². The van der Waals surface area contributed by atoms with Crippen LogP contribution in [0.4, 0.5) is 5.82 Å². The summed E-state index contributed by atoms with van der Waals surface area (Å²) < 4.78 is 1.88. The Hall–Kier alpha value is -1.91. The second kappa shape index (κ2) is 6.14. The quantitative estimate of drug-likeness (QED) is 0.848. The maximum absolute atomic E-state index is 4.41. The normalized spacial score (nSPS) is 10.6. The predicted molar refractivity (Wildman–Crippen MR) is 71.3 cm³/mol. The largest absolute Gasteiger partial charge is 0.363 e. The number of aromatic nitrogens is 4. The molecule has 0 unspecified atom stereocenters.